The standard InChI is InChI=1S/C26H30N8/c1-2-19-5-10-27-21(15-19)30-25-31-22(29-20-6-12-33-14-11-28-23(33)16-20)17-24(32-25)34-13-9-26(18-34)7-3-4-8-26/h5-6,10-12,14-17H,2-4,7-9,13,18H2,1H3,(H2,27,29,30,31,32). The molecule has 1 saturated heterocycles. The van der Waals surface area contributed by atoms with Gasteiger partial charge in [0.2, 0.25) is 5.95 Å². The van der Waals surface area contributed by atoms with E-state index < -0.39 is 0 Å². The molecule has 0 unspecified atom stereocenters. The number of fused-ring (bicyclic) bond motifs is 1. The molecular formula is C26H30N8. The highest BCUT2D eigenvalue weighted by atomic mass is 15.3. The minimum absolute atomic E-state index is 0.467. The van der Waals surface area contributed by atoms with E-state index in [1.165, 1.54) is 37.7 Å². The second-order valence-electron chi connectivity index (χ2n) is 9.57. The first-order valence-electron chi connectivity index (χ1n) is 12.2. The van der Waals surface area contributed by atoms with Crippen LogP contribution >= 0.6 is 0 Å². The molecular weight excluding hydrogens is 424 g/mol. The van der Waals surface area contributed by atoms with Crippen molar-refractivity contribution in [2.24, 2.45) is 5.41 Å². The van der Waals surface area contributed by atoms with E-state index in [9.17, 15) is 0 Å². The van der Waals surface area contributed by atoms with E-state index in [0.717, 1.165) is 48.3 Å². The maximum Gasteiger partial charge on any atom is 0.232 e. The van der Waals surface area contributed by atoms with Crippen LogP contribution in [0.5, 0.6) is 0 Å². The Bertz CT molecular complexity index is 1310. The van der Waals surface area contributed by atoms with Gasteiger partial charge in [-0.3, -0.25) is 0 Å². The molecule has 4 aromatic heterocycles. The Kier molecular flexibility index (Phi) is 5.28. The smallest absolute Gasteiger partial charge is 0.232 e. The zero-order valence-corrected chi connectivity index (χ0v) is 19.5. The van der Waals surface area contributed by atoms with Gasteiger partial charge in [0.1, 0.15) is 23.1 Å². The third-order valence-corrected chi connectivity index (χ3v) is 7.28. The van der Waals surface area contributed by atoms with Crippen molar-refractivity contribution < 1.29 is 0 Å². The Morgan fingerprint density at radius 1 is 0.912 bits per heavy atom. The fraction of sp³-hybridized carbons (Fsp3) is 0.385. The highest BCUT2D eigenvalue weighted by Crippen LogP contribution is 2.46. The lowest BCUT2D eigenvalue weighted by Gasteiger charge is -2.24. The summed E-state index contributed by atoms with van der Waals surface area (Å²) < 4.78 is 1.99. The van der Waals surface area contributed by atoms with Gasteiger partial charge in [-0.05, 0) is 54.9 Å². The molecule has 4 aromatic rings. The van der Waals surface area contributed by atoms with E-state index in [-0.39, 0.29) is 0 Å². The van der Waals surface area contributed by atoms with Crippen LogP contribution in [0.15, 0.2) is 55.1 Å². The summed E-state index contributed by atoms with van der Waals surface area (Å²) in [6.07, 6.45) is 15.1. The fourth-order valence-corrected chi connectivity index (χ4v) is 5.39. The van der Waals surface area contributed by atoms with Crippen LogP contribution in [0.1, 0.15) is 44.6 Å². The zero-order valence-electron chi connectivity index (χ0n) is 19.5. The Morgan fingerprint density at radius 2 is 1.82 bits per heavy atom. The molecule has 1 aliphatic heterocycles. The third kappa shape index (κ3) is 4.16. The van der Waals surface area contributed by atoms with Crippen LogP contribution in [0.3, 0.4) is 0 Å². The van der Waals surface area contributed by atoms with Gasteiger partial charge in [0.05, 0.1) is 0 Å². The molecule has 0 radical (unpaired) electrons. The molecule has 2 fully saturated rings. The second kappa shape index (κ2) is 8.59. The zero-order chi connectivity index (χ0) is 23.0. The average molecular weight is 455 g/mol. The van der Waals surface area contributed by atoms with Gasteiger partial charge < -0.3 is 19.9 Å². The molecule has 1 saturated carbocycles. The summed E-state index contributed by atoms with van der Waals surface area (Å²) in [5.41, 5.74) is 3.52. The molecule has 8 nitrogen and oxygen atoms in total. The Hall–Kier alpha value is -3.68. The molecule has 2 aliphatic rings. The van der Waals surface area contributed by atoms with E-state index in [1.54, 1.807) is 6.20 Å². The molecule has 1 spiro atoms. The number of anilines is 5. The summed E-state index contributed by atoms with van der Waals surface area (Å²) >= 11 is 0. The lowest BCUT2D eigenvalue weighted by molar-refractivity contribution is 0.340. The van der Waals surface area contributed by atoms with Gasteiger partial charge in [-0.25, -0.2) is 9.97 Å². The number of pyridine rings is 2. The summed E-state index contributed by atoms with van der Waals surface area (Å²) in [4.78, 5) is 21.0. The quantitative estimate of drug-likeness (QED) is 0.407. The number of nitrogens with zero attached hydrogens (tertiary/aromatic N) is 6. The summed E-state index contributed by atoms with van der Waals surface area (Å²) in [5, 5.41) is 6.81. The molecule has 6 rings (SSSR count). The predicted octanol–water partition coefficient (Wildman–Crippen LogP) is 5.34. The number of hydrogen-bond acceptors (Lipinski definition) is 7. The van der Waals surface area contributed by atoms with Crippen LogP contribution in [0.2, 0.25) is 0 Å². The van der Waals surface area contributed by atoms with Gasteiger partial charge in [-0.15, -0.1) is 0 Å². The van der Waals surface area contributed by atoms with Crippen molar-refractivity contribution in [2.75, 3.05) is 28.6 Å². The number of aryl methyl sites for hydroxylation is 1. The van der Waals surface area contributed by atoms with E-state index >= 15 is 0 Å². The molecule has 8 heteroatoms. The number of nitrogens with one attached hydrogen (secondary N) is 2. The molecule has 34 heavy (non-hydrogen) atoms. The van der Waals surface area contributed by atoms with Gasteiger partial charge in [0.15, 0.2) is 0 Å². The first kappa shape index (κ1) is 20.9. The highest BCUT2D eigenvalue weighted by Gasteiger charge is 2.40. The van der Waals surface area contributed by atoms with Gasteiger partial charge in [0, 0.05) is 55.7 Å². The van der Waals surface area contributed by atoms with Crippen LogP contribution in [0, 0.1) is 5.41 Å². The van der Waals surface area contributed by atoms with Crippen molar-refractivity contribution >= 4 is 34.7 Å². The monoisotopic (exact) mass is 454 g/mol. The molecule has 5 heterocycles. The lowest BCUT2D eigenvalue weighted by atomic mass is 9.86. The van der Waals surface area contributed by atoms with Crippen LogP contribution < -0.4 is 15.5 Å². The van der Waals surface area contributed by atoms with Gasteiger partial charge in [0.25, 0.3) is 0 Å². The Morgan fingerprint density at radius 3 is 2.71 bits per heavy atom. The van der Waals surface area contributed by atoms with Crippen LogP contribution in [0.4, 0.5) is 29.1 Å². The second-order valence-corrected chi connectivity index (χ2v) is 9.57. The van der Waals surface area contributed by atoms with E-state index in [2.05, 4.69) is 44.6 Å². The van der Waals surface area contributed by atoms with Crippen LogP contribution in [-0.4, -0.2) is 37.4 Å². The highest BCUT2D eigenvalue weighted by molar-refractivity contribution is 5.66. The summed E-state index contributed by atoms with van der Waals surface area (Å²) in [5.74, 6) is 3.02. The van der Waals surface area contributed by atoms with Crippen molar-refractivity contribution in [3.63, 3.8) is 0 Å². The number of rotatable bonds is 6. The van der Waals surface area contributed by atoms with Crippen molar-refractivity contribution in [3.8, 4) is 0 Å². The van der Waals surface area contributed by atoms with E-state index in [1.807, 2.05) is 41.2 Å². The Labute approximate surface area is 199 Å². The topological polar surface area (TPSA) is 83.3 Å². The van der Waals surface area contributed by atoms with E-state index in [4.69, 9.17) is 9.97 Å². The SMILES string of the molecule is CCc1ccnc(Nc2nc(Nc3ccn4ccnc4c3)cc(N3CCC4(CCCC4)C3)n2)c1. The van der Waals surface area contributed by atoms with Crippen molar-refractivity contribution in [3.05, 3.63) is 60.7 Å². The minimum atomic E-state index is 0.467. The van der Waals surface area contributed by atoms with Crippen molar-refractivity contribution in [1.29, 1.82) is 0 Å². The maximum absolute atomic E-state index is 4.91. The molecule has 0 amide bonds. The van der Waals surface area contributed by atoms with Crippen LogP contribution in [0.25, 0.3) is 5.65 Å². The van der Waals surface area contributed by atoms with Crippen LogP contribution in [-0.2, 0) is 6.42 Å². The largest absolute Gasteiger partial charge is 0.356 e. The maximum atomic E-state index is 4.91. The number of aromatic nitrogens is 5. The molecule has 0 bridgehead atoms. The lowest BCUT2D eigenvalue weighted by Crippen LogP contribution is -2.26. The summed E-state index contributed by atoms with van der Waals surface area (Å²) in [7, 11) is 0. The Balaban J connectivity index is 1.32. The average Bonchev–Trinajstić information content (AvgIpc) is 3.61. The molecule has 1 aliphatic carbocycles. The fourth-order valence-electron chi connectivity index (χ4n) is 5.39. The molecule has 0 aromatic carbocycles. The normalized spacial score (nSPS) is 17.0. The number of imidazole rings is 1. The van der Waals surface area contributed by atoms with Crippen molar-refractivity contribution in [2.45, 2.75) is 45.4 Å². The molecule has 0 atom stereocenters. The third-order valence-electron chi connectivity index (χ3n) is 7.28. The van der Waals surface area contributed by atoms with Gasteiger partial charge >= 0.3 is 0 Å². The summed E-state index contributed by atoms with van der Waals surface area (Å²) in [6.45, 7) is 4.26. The molecule has 2 N–H and O–H groups in total. The first-order chi connectivity index (χ1) is 16.7. The predicted molar refractivity (Wildman–Crippen MR) is 135 cm³/mol. The summed E-state index contributed by atoms with van der Waals surface area (Å²) in [6, 6.07) is 10.2. The molecule has 174 valence electrons. The number of hydrogen-bond donors (Lipinski definition) is 2. The van der Waals surface area contributed by atoms with Gasteiger partial charge in [-0.1, -0.05) is 19.8 Å². The van der Waals surface area contributed by atoms with E-state index in [0.29, 0.717) is 11.4 Å². The van der Waals surface area contributed by atoms with Gasteiger partial charge in [-0.2, -0.15) is 9.97 Å². The first-order valence-corrected chi connectivity index (χ1v) is 12.2. The minimum Gasteiger partial charge on any atom is -0.356 e. The van der Waals surface area contributed by atoms with Crippen molar-refractivity contribution in [1.82, 2.24) is 24.3 Å².